The van der Waals surface area contributed by atoms with E-state index in [-0.39, 0.29) is 40.8 Å². The van der Waals surface area contributed by atoms with E-state index in [0.717, 1.165) is 44.1 Å². The van der Waals surface area contributed by atoms with Crippen molar-refractivity contribution < 1.29 is 14.4 Å². The third kappa shape index (κ3) is 13.6. The number of carbonyl (C=O) groups is 3. The predicted octanol–water partition coefficient (Wildman–Crippen LogP) is 4.32. The maximum atomic E-state index is 12.5. The van der Waals surface area contributed by atoms with Crippen molar-refractivity contribution >= 4 is 30.2 Å². The molecular formula is C25H45N3O3S. The van der Waals surface area contributed by atoms with Crippen LogP contribution in [0, 0.1) is 5.92 Å². The van der Waals surface area contributed by atoms with E-state index in [9.17, 15) is 14.4 Å². The number of ketones is 1. The van der Waals surface area contributed by atoms with Gasteiger partial charge in [0, 0.05) is 18.7 Å². The molecule has 0 fully saturated rings. The van der Waals surface area contributed by atoms with Crippen molar-refractivity contribution in [2.75, 3.05) is 6.54 Å². The Morgan fingerprint density at radius 1 is 0.969 bits per heavy atom. The molecule has 6 nitrogen and oxygen atoms in total. The van der Waals surface area contributed by atoms with E-state index >= 15 is 0 Å². The smallest absolute Gasteiger partial charge is 0.233 e. The van der Waals surface area contributed by atoms with E-state index < -0.39 is 0 Å². The number of thiol groups is 1. The van der Waals surface area contributed by atoms with Gasteiger partial charge in [0.1, 0.15) is 0 Å². The first-order chi connectivity index (χ1) is 15.0. The molecule has 3 N–H and O–H groups in total. The van der Waals surface area contributed by atoms with Crippen LogP contribution in [-0.4, -0.2) is 41.5 Å². The second kappa shape index (κ2) is 16.8. The van der Waals surface area contributed by atoms with Crippen molar-refractivity contribution in [1.82, 2.24) is 16.0 Å². The van der Waals surface area contributed by atoms with Gasteiger partial charge in [0.2, 0.25) is 11.8 Å². The van der Waals surface area contributed by atoms with Crippen molar-refractivity contribution in [2.45, 2.75) is 103 Å². The normalized spacial score (nSPS) is 13.7. The highest BCUT2D eigenvalue weighted by Crippen LogP contribution is 2.13. The van der Waals surface area contributed by atoms with Crippen LogP contribution in [0.3, 0.4) is 0 Å². The summed E-state index contributed by atoms with van der Waals surface area (Å²) in [6.07, 6.45) is 6.14. The molecule has 0 bridgehead atoms. The summed E-state index contributed by atoms with van der Waals surface area (Å²) in [6, 6.07) is -0.492. The van der Waals surface area contributed by atoms with Crippen LogP contribution in [0.4, 0.5) is 0 Å². The highest BCUT2D eigenvalue weighted by Gasteiger charge is 2.23. The standard InChI is InChI=1S/C25H45N3O3S/c1-8-9-13-21(20(7)29)27-19(6)24(18(4)5)28-23(30)14-11-10-12-15-26-25(31)22(32)16-17(2)3/h18,21-22,24,27,32H,2,6,8-16H2,1,3-5,7H3,(H,26,31)(H,28,30)/t21-,22?,24-/m0/s1. The number of hydrogen-bond donors (Lipinski definition) is 4. The fourth-order valence-corrected chi connectivity index (χ4v) is 3.74. The summed E-state index contributed by atoms with van der Waals surface area (Å²) < 4.78 is 0. The lowest BCUT2D eigenvalue weighted by molar-refractivity contribution is -0.122. The Morgan fingerprint density at radius 2 is 1.62 bits per heavy atom. The minimum Gasteiger partial charge on any atom is -0.377 e. The van der Waals surface area contributed by atoms with Gasteiger partial charge in [-0.25, -0.2) is 0 Å². The van der Waals surface area contributed by atoms with E-state index in [1.165, 1.54) is 0 Å². The van der Waals surface area contributed by atoms with Crippen LogP contribution in [-0.2, 0) is 14.4 Å². The summed E-state index contributed by atoms with van der Waals surface area (Å²) in [5.41, 5.74) is 1.62. The number of amides is 2. The fourth-order valence-electron chi connectivity index (χ4n) is 3.34. The molecule has 0 aromatic heterocycles. The number of hydrogen-bond acceptors (Lipinski definition) is 5. The summed E-state index contributed by atoms with van der Waals surface area (Å²) in [4.78, 5) is 36.3. The highest BCUT2D eigenvalue weighted by molar-refractivity contribution is 7.81. The largest absolute Gasteiger partial charge is 0.377 e. The zero-order chi connectivity index (χ0) is 24.7. The third-order valence-corrected chi connectivity index (χ3v) is 5.70. The Labute approximate surface area is 200 Å². The quantitative estimate of drug-likeness (QED) is 0.137. The summed E-state index contributed by atoms with van der Waals surface area (Å²) in [7, 11) is 0. The molecule has 184 valence electrons. The molecule has 0 aliphatic rings. The van der Waals surface area contributed by atoms with E-state index in [1.54, 1.807) is 6.92 Å². The lowest BCUT2D eigenvalue weighted by atomic mass is 9.99. The summed E-state index contributed by atoms with van der Waals surface area (Å²) in [5.74, 6) is 0.133. The van der Waals surface area contributed by atoms with Gasteiger partial charge < -0.3 is 16.0 Å². The van der Waals surface area contributed by atoms with Gasteiger partial charge in [-0.05, 0) is 45.4 Å². The molecule has 0 saturated carbocycles. The summed E-state index contributed by atoms with van der Waals surface area (Å²) >= 11 is 4.29. The maximum absolute atomic E-state index is 12.5. The lowest BCUT2D eigenvalue weighted by Crippen LogP contribution is -2.47. The van der Waals surface area contributed by atoms with Gasteiger partial charge in [-0.15, -0.1) is 6.58 Å². The first kappa shape index (κ1) is 30.2. The van der Waals surface area contributed by atoms with E-state index in [2.05, 4.69) is 48.7 Å². The third-order valence-electron chi connectivity index (χ3n) is 5.28. The number of allylic oxidation sites excluding steroid dienone is 1. The minimum absolute atomic E-state index is 0.0273. The highest BCUT2D eigenvalue weighted by atomic mass is 32.1. The average molecular weight is 468 g/mol. The Hall–Kier alpha value is -1.76. The van der Waals surface area contributed by atoms with Gasteiger partial charge in [-0.2, -0.15) is 12.6 Å². The molecule has 3 atom stereocenters. The molecule has 0 aromatic carbocycles. The Balaban J connectivity index is 4.35. The molecule has 0 rings (SSSR count). The van der Waals surface area contributed by atoms with Crippen molar-refractivity contribution in [1.29, 1.82) is 0 Å². The van der Waals surface area contributed by atoms with Crippen LogP contribution < -0.4 is 16.0 Å². The number of Topliss-reactive ketones (excluding diaryl/α,β-unsaturated/α-hetero) is 1. The van der Waals surface area contributed by atoms with Crippen LogP contribution in [0.25, 0.3) is 0 Å². The Morgan fingerprint density at radius 3 is 2.16 bits per heavy atom. The molecule has 32 heavy (non-hydrogen) atoms. The van der Waals surface area contributed by atoms with Crippen LogP contribution in [0.2, 0.25) is 0 Å². The van der Waals surface area contributed by atoms with Gasteiger partial charge in [-0.3, -0.25) is 14.4 Å². The SMILES string of the molecule is C=C(C)CC(S)C(=O)NCCCCCC(=O)N[C@H](C(=C)N[C@@H](CCCC)C(C)=O)C(C)C. The molecule has 0 spiro atoms. The molecule has 7 heteroatoms. The summed E-state index contributed by atoms with van der Waals surface area (Å²) in [6.45, 7) is 18.1. The van der Waals surface area contributed by atoms with Gasteiger partial charge in [0.05, 0.1) is 17.3 Å². The monoisotopic (exact) mass is 467 g/mol. The number of nitrogens with one attached hydrogen (secondary N) is 3. The Bertz CT molecular complexity index is 634. The maximum Gasteiger partial charge on any atom is 0.233 e. The van der Waals surface area contributed by atoms with Gasteiger partial charge in [-0.1, -0.05) is 52.2 Å². The molecule has 1 unspecified atom stereocenters. The second-order valence-electron chi connectivity index (χ2n) is 9.04. The molecule has 0 aliphatic heterocycles. The van der Waals surface area contributed by atoms with E-state index in [4.69, 9.17) is 0 Å². The van der Waals surface area contributed by atoms with Gasteiger partial charge >= 0.3 is 0 Å². The van der Waals surface area contributed by atoms with Crippen molar-refractivity contribution in [3.8, 4) is 0 Å². The zero-order valence-electron chi connectivity index (χ0n) is 20.8. The summed E-state index contributed by atoms with van der Waals surface area (Å²) in [5, 5.41) is 8.81. The molecule has 0 aliphatic carbocycles. The lowest BCUT2D eigenvalue weighted by Gasteiger charge is -2.28. The molecule has 0 saturated heterocycles. The van der Waals surface area contributed by atoms with Crippen molar-refractivity contribution in [3.63, 3.8) is 0 Å². The van der Waals surface area contributed by atoms with E-state index in [1.807, 2.05) is 20.8 Å². The number of rotatable bonds is 18. The van der Waals surface area contributed by atoms with Crippen molar-refractivity contribution in [3.05, 3.63) is 24.4 Å². The molecule has 2 amide bonds. The minimum atomic E-state index is -0.363. The number of carbonyl (C=O) groups excluding carboxylic acids is 3. The first-order valence-corrected chi connectivity index (χ1v) is 12.4. The van der Waals surface area contributed by atoms with Gasteiger partial charge in [0.25, 0.3) is 0 Å². The number of unbranched alkanes of at least 4 members (excludes halogenated alkanes) is 3. The second-order valence-corrected chi connectivity index (χ2v) is 9.67. The average Bonchev–Trinajstić information content (AvgIpc) is 2.70. The van der Waals surface area contributed by atoms with Crippen LogP contribution >= 0.6 is 12.6 Å². The molecule has 0 radical (unpaired) electrons. The first-order valence-electron chi connectivity index (χ1n) is 11.8. The van der Waals surface area contributed by atoms with Crippen LogP contribution in [0.5, 0.6) is 0 Å². The van der Waals surface area contributed by atoms with Crippen molar-refractivity contribution in [2.24, 2.45) is 5.92 Å². The fraction of sp³-hybridized carbons (Fsp3) is 0.720. The van der Waals surface area contributed by atoms with Crippen LogP contribution in [0.1, 0.15) is 86.0 Å². The Kier molecular flexibility index (Phi) is 15.9. The predicted molar refractivity (Wildman–Crippen MR) is 137 cm³/mol. The van der Waals surface area contributed by atoms with E-state index in [0.29, 0.717) is 25.1 Å². The zero-order valence-corrected chi connectivity index (χ0v) is 21.7. The van der Waals surface area contributed by atoms with Gasteiger partial charge in [0.15, 0.2) is 5.78 Å². The molecular weight excluding hydrogens is 422 g/mol. The van der Waals surface area contributed by atoms with Crippen LogP contribution in [0.15, 0.2) is 24.4 Å². The topological polar surface area (TPSA) is 87.3 Å². The molecule has 0 aromatic rings. The molecule has 0 heterocycles.